The van der Waals surface area contributed by atoms with E-state index in [2.05, 4.69) is 43.7 Å². The van der Waals surface area contributed by atoms with Crippen molar-refractivity contribution in [2.45, 2.75) is 40.0 Å². The summed E-state index contributed by atoms with van der Waals surface area (Å²) in [6.07, 6.45) is 3.62. The summed E-state index contributed by atoms with van der Waals surface area (Å²) < 4.78 is 1.96. The summed E-state index contributed by atoms with van der Waals surface area (Å²) in [6.45, 7) is 10.6. The molecule has 0 amide bonds. The monoisotopic (exact) mass is 280 g/mol. The van der Waals surface area contributed by atoms with Gasteiger partial charge in [0.05, 0.1) is 11.4 Å². The Balaban J connectivity index is 2.37. The number of pyridine rings is 1. The molecule has 0 saturated heterocycles. The largest absolute Gasteiger partial charge is 0.265 e. The molecule has 0 bridgehead atoms. The van der Waals surface area contributed by atoms with E-state index in [9.17, 15) is 0 Å². The molecule has 0 unspecified atom stereocenters. The average Bonchev–Trinajstić information content (AvgIpc) is 2.84. The fourth-order valence-electron chi connectivity index (χ4n) is 2.42. The number of fused-ring (bicyclic) bond motifs is 1. The number of hydrogen-bond acceptors (Lipinski definition) is 3. The molecule has 0 spiro atoms. The summed E-state index contributed by atoms with van der Waals surface area (Å²) in [7, 11) is 0. The third-order valence-corrected chi connectivity index (χ3v) is 3.80. The molecule has 0 aliphatic heterocycles. The third-order valence-electron chi connectivity index (χ3n) is 3.80. The highest BCUT2D eigenvalue weighted by Gasteiger charge is 2.21. The molecule has 0 radical (unpaired) electrons. The number of nitrogens with zero attached hydrogens (tertiary/aromatic N) is 4. The van der Waals surface area contributed by atoms with Gasteiger partial charge in [-0.05, 0) is 31.5 Å². The van der Waals surface area contributed by atoms with Crippen molar-refractivity contribution in [1.82, 2.24) is 19.6 Å². The molecule has 0 aliphatic rings. The second-order valence-corrected chi connectivity index (χ2v) is 6.46. The van der Waals surface area contributed by atoms with E-state index < -0.39 is 0 Å². The van der Waals surface area contributed by atoms with Gasteiger partial charge in [-0.3, -0.25) is 4.98 Å². The van der Waals surface area contributed by atoms with Crippen LogP contribution in [0.5, 0.6) is 0 Å². The number of aromatic nitrogens is 4. The molecular formula is C17H20N4. The van der Waals surface area contributed by atoms with Crippen molar-refractivity contribution in [2.24, 2.45) is 0 Å². The Bertz CT molecular complexity index is 795. The van der Waals surface area contributed by atoms with Crippen LogP contribution in [0.25, 0.3) is 16.9 Å². The predicted octanol–water partition coefficient (Wildman–Crippen LogP) is 3.71. The molecule has 108 valence electrons. The molecule has 3 aromatic heterocycles. The lowest BCUT2D eigenvalue weighted by Crippen LogP contribution is -2.12. The zero-order chi connectivity index (χ0) is 15.2. The highest BCUT2D eigenvalue weighted by molar-refractivity contribution is 5.67. The first-order valence-electron chi connectivity index (χ1n) is 7.16. The van der Waals surface area contributed by atoms with Crippen LogP contribution in [-0.4, -0.2) is 19.6 Å². The van der Waals surface area contributed by atoms with Crippen molar-refractivity contribution in [3.05, 3.63) is 47.5 Å². The van der Waals surface area contributed by atoms with Crippen molar-refractivity contribution in [3.8, 4) is 11.3 Å². The van der Waals surface area contributed by atoms with Gasteiger partial charge >= 0.3 is 0 Å². The number of rotatable bonds is 1. The summed E-state index contributed by atoms with van der Waals surface area (Å²) in [5, 5.41) is 4.80. The lowest BCUT2D eigenvalue weighted by Gasteiger charge is -2.14. The second-order valence-electron chi connectivity index (χ2n) is 6.46. The van der Waals surface area contributed by atoms with Gasteiger partial charge in [0, 0.05) is 35.1 Å². The van der Waals surface area contributed by atoms with Gasteiger partial charge in [0.2, 0.25) is 0 Å². The molecule has 4 heteroatoms. The summed E-state index contributed by atoms with van der Waals surface area (Å²) >= 11 is 0. The van der Waals surface area contributed by atoms with E-state index in [0.717, 1.165) is 33.9 Å². The Morgan fingerprint density at radius 2 is 1.71 bits per heavy atom. The van der Waals surface area contributed by atoms with Gasteiger partial charge in [0.15, 0.2) is 5.65 Å². The van der Waals surface area contributed by atoms with E-state index in [1.165, 1.54) is 0 Å². The van der Waals surface area contributed by atoms with Gasteiger partial charge in [-0.25, -0.2) is 9.50 Å². The summed E-state index contributed by atoms with van der Waals surface area (Å²) in [6, 6.07) is 6.11. The average molecular weight is 280 g/mol. The fourth-order valence-corrected chi connectivity index (χ4v) is 2.42. The Morgan fingerprint density at radius 3 is 2.33 bits per heavy atom. The smallest absolute Gasteiger partial charge is 0.156 e. The first-order valence-corrected chi connectivity index (χ1v) is 7.16. The molecule has 21 heavy (non-hydrogen) atoms. The summed E-state index contributed by atoms with van der Waals surface area (Å²) in [5.41, 5.74) is 6.35. The van der Waals surface area contributed by atoms with E-state index in [-0.39, 0.29) is 5.41 Å². The van der Waals surface area contributed by atoms with Gasteiger partial charge in [0.25, 0.3) is 0 Å². The van der Waals surface area contributed by atoms with Gasteiger partial charge in [-0.2, -0.15) is 5.10 Å². The highest BCUT2D eigenvalue weighted by Crippen LogP contribution is 2.28. The van der Waals surface area contributed by atoms with Crippen LogP contribution in [0.3, 0.4) is 0 Å². The van der Waals surface area contributed by atoms with E-state index in [4.69, 9.17) is 5.10 Å². The minimum absolute atomic E-state index is 0.00498. The number of hydrogen-bond donors (Lipinski definition) is 0. The Hall–Kier alpha value is -2.23. The molecule has 0 atom stereocenters. The maximum Gasteiger partial charge on any atom is 0.156 e. The van der Waals surface area contributed by atoms with Crippen LogP contribution in [0.4, 0.5) is 0 Å². The molecule has 0 fully saturated rings. The SMILES string of the molecule is Cc1nc2cc(C(C)(C)C)nn2c(-c2ccncc2)c1C. The van der Waals surface area contributed by atoms with Crippen LogP contribution in [0.15, 0.2) is 30.6 Å². The molecule has 3 rings (SSSR count). The van der Waals surface area contributed by atoms with Crippen LogP contribution in [0, 0.1) is 13.8 Å². The van der Waals surface area contributed by atoms with Crippen molar-refractivity contribution in [1.29, 1.82) is 0 Å². The minimum Gasteiger partial charge on any atom is -0.265 e. The first kappa shape index (κ1) is 13.7. The molecule has 0 N–H and O–H groups in total. The first-order chi connectivity index (χ1) is 9.88. The van der Waals surface area contributed by atoms with E-state index >= 15 is 0 Å². The van der Waals surface area contributed by atoms with Gasteiger partial charge in [-0.1, -0.05) is 20.8 Å². The van der Waals surface area contributed by atoms with E-state index in [1.54, 1.807) is 0 Å². The predicted molar refractivity (Wildman–Crippen MR) is 84.4 cm³/mol. The maximum absolute atomic E-state index is 4.80. The van der Waals surface area contributed by atoms with Gasteiger partial charge < -0.3 is 0 Å². The van der Waals surface area contributed by atoms with Gasteiger partial charge in [0.1, 0.15) is 0 Å². The van der Waals surface area contributed by atoms with Crippen LogP contribution in [0.2, 0.25) is 0 Å². The standard InChI is InChI=1S/C17H20N4/c1-11-12(2)19-15-10-14(17(3,4)5)20-21(15)16(11)13-6-8-18-9-7-13/h6-10H,1-5H3. The number of aryl methyl sites for hydroxylation is 1. The third kappa shape index (κ3) is 2.31. The van der Waals surface area contributed by atoms with Crippen LogP contribution >= 0.6 is 0 Å². The quantitative estimate of drug-likeness (QED) is 0.682. The Labute approximate surface area is 124 Å². The van der Waals surface area contributed by atoms with Crippen molar-refractivity contribution in [2.75, 3.05) is 0 Å². The molecule has 4 nitrogen and oxygen atoms in total. The van der Waals surface area contributed by atoms with Crippen LogP contribution in [0.1, 0.15) is 37.7 Å². The topological polar surface area (TPSA) is 43.1 Å². The van der Waals surface area contributed by atoms with Crippen molar-refractivity contribution in [3.63, 3.8) is 0 Å². The zero-order valence-corrected chi connectivity index (χ0v) is 13.2. The lowest BCUT2D eigenvalue weighted by atomic mass is 9.93. The van der Waals surface area contributed by atoms with Crippen LogP contribution in [-0.2, 0) is 5.41 Å². The highest BCUT2D eigenvalue weighted by atomic mass is 15.3. The fraction of sp³-hybridized carbons (Fsp3) is 0.353. The van der Waals surface area contributed by atoms with Crippen molar-refractivity contribution < 1.29 is 0 Å². The van der Waals surface area contributed by atoms with Crippen LogP contribution < -0.4 is 0 Å². The minimum atomic E-state index is 0.00498. The summed E-state index contributed by atoms with van der Waals surface area (Å²) in [4.78, 5) is 8.78. The molecule has 0 aromatic carbocycles. The van der Waals surface area contributed by atoms with Gasteiger partial charge in [-0.15, -0.1) is 0 Å². The second kappa shape index (κ2) is 4.65. The normalized spacial score (nSPS) is 12.0. The molecule has 0 aliphatic carbocycles. The van der Waals surface area contributed by atoms with E-state index in [1.807, 2.05) is 36.0 Å². The molecular weight excluding hydrogens is 260 g/mol. The molecule has 3 heterocycles. The maximum atomic E-state index is 4.80. The lowest BCUT2D eigenvalue weighted by molar-refractivity contribution is 0.563. The molecule has 0 saturated carbocycles. The summed E-state index contributed by atoms with van der Waals surface area (Å²) in [5.74, 6) is 0. The van der Waals surface area contributed by atoms with E-state index in [0.29, 0.717) is 0 Å². The Morgan fingerprint density at radius 1 is 1.05 bits per heavy atom. The molecule has 3 aromatic rings. The zero-order valence-electron chi connectivity index (χ0n) is 13.2. The Kier molecular flexibility index (Phi) is 3.04. The van der Waals surface area contributed by atoms with Crippen molar-refractivity contribution >= 4 is 5.65 Å².